The first-order valence-corrected chi connectivity index (χ1v) is 7.04. The zero-order valence-electron chi connectivity index (χ0n) is 11.0. The van der Waals surface area contributed by atoms with Crippen LogP contribution in [0.4, 0.5) is 5.82 Å². The van der Waals surface area contributed by atoms with Crippen LogP contribution < -0.4 is 4.90 Å². The first-order valence-electron chi connectivity index (χ1n) is 7.04. The van der Waals surface area contributed by atoms with Crippen LogP contribution in [0.5, 0.6) is 0 Å². The Kier molecular flexibility index (Phi) is 3.36. The third-order valence-corrected chi connectivity index (χ3v) is 4.47. The number of aromatic carboxylic acids is 1. The number of carbonyl (C=O) groups is 1. The van der Waals surface area contributed by atoms with Gasteiger partial charge in [-0.15, -0.1) is 0 Å². The predicted octanol–water partition coefficient (Wildman–Crippen LogP) is 2.19. The second-order valence-electron chi connectivity index (χ2n) is 5.60. The number of anilines is 1. The maximum absolute atomic E-state index is 10.8. The van der Waals surface area contributed by atoms with E-state index in [4.69, 9.17) is 5.11 Å². The Morgan fingerprint density at radius 2 is 1.95 bits per heavy atom. The zero-order valence-corrected chi connectivity index (χ0v) is 11.0. The van der Waals surface area contributed by atoms with Gasteiger partial charge in [-0.05, 0) is 24.7 Å². The molecule has 0 bridgehead atoms. The topological polar surface area (TPSA) is 66.3 Å². The molecule has 3 rings (SSSR count). The minimum absolute atomic E-state index is 0.0105. The van der Waals surface area contributed by atoms with Gasteiger partial charge in [0.05, 0.1) is 12.4 Å². The highest BCUT2D eigenvalue weighted by Crippen LogP contribution is 2.36. The highest BCUT2D eigenvalue weighted by molar-refractivity contribution is 5.84. The first kappa shape index (κ1) is 12.4. The van der Waals surface area contributed by atoms with Crippen molar-refractivity contribution < 1.29 is 9.90 Å². The molecule has 1 aromatic rings. The van der Waals surface area contributed by atoms with Gasteiger partial charge in [0.15, 0.2) is 5.69 Å². The molecule has 2 unspecified atom stereocenters. The fourth-order valence-electron chi connectivity index (χ4n) is 3.40. The van der Waals surface area contributed by atoms with E-state index in [0.717, 1.165) is 30.7 Å². The number of fused-ring (bicyclic) bond motifs is 1. The number of piperidine rings is 1. The van der Waals surface area contributed by atoms with Crippen molar-refractivity contribution in [2.45, 2.75) is 32.1 Å². The lowest BCUT2D eigenvalue weighted by Gasteiger charge is -2.41. The Hall–Kier alpha value is -1.65. The van der Waals surface area contributed by atoms with Gasteiger partial charge in [0.25, 0.3) is 0 Å². The molecule has 2 aliphatic rings. The largest absolute Gasteiger partial charge is 0.476 e. The monoisotopic (exact) mass is 261 g/mol. The Labute approximate surface area is 112 Å². The van der Waals surface area contributed by atoms with E-state index in [1.807, 2.05) is 0 Å². The molecule has 1 saturated heterocycles. The fourth-order valence-corrected chi connectivity index (χ4v) is 3.40. The van der Waals surface area contributed by atoms with E-state index in [9.17, 15) is 4.79 Å². The van der Waals surface area contributed by atoms with Crippen LogP contribution >= 0.6 is 0 Å². The minimum atomic E-state index is -1.02. The van der Waals surface area contributed by atoms with Gasteiger partial charge < -0.3 is 10.0 Å². The van der Waals surface area contributed by atoms with Crippen LogP contribution in [0.1, 0.15) is 42.6 Å². The van der Waals surface area contributed by atoms with Gasteiger partial charge >= 0.3 is 5.97 Å². The molecule has 0 spiro atoms. The van der Waals surface area contributed by atoms with Crippen LogP contribution in [0.2, 0.25) is 0 Å². The van der Waals surface area contributed by atoms with E-state index in [1.165, 1.54) is 38.3 Å². The molecule has 0 aromatic carbocycles. The number of rotatable bonds is 2. The molecule has 0 radical (unpaired) electrons. The van der Waals surface area contributed by atoms with Gasteiger partial charge in [-0.3, -0.25) is 0 Å². The van der Waals surface area contributed by atoms with E-state index in [2.05, 4.69) is 14.9 Å². The summed E-state index contributed by atoms with van der Waals surface area (Å²) < 4.78 is 0. The molecule has 1 N–H and O–H groups in total. The molecule has 2 atom stereocenters. The van der Waals surface area contributed by atoms with Crippen molar-refractivity contribution in [1.29, 1.82) is 0 Å². The average molecular weight is 261 g/mol. The van der Waals surface area contributed by atoms with E-state index >= 15 is 0 Å². The highest BCUT2D eigenvalue weighted by atomic mass is 16.4. The first-order chi connectivity index (χ1) is 9.24. The number of hydrogen-bond donors (Lipinski definition) is 1. The molecular weight excluding hydrogens is 242 g/mol. The van der Waals surface area contributed by atoms with Crippen molar-refractivity contribution in [2.24, 2.45) is 11.8 Å². The lowest BCUT2D eigenvalue weighted by molar-refractivity contribution is 0.0690. The average Bonchev–Trinajstić information content (AvgIpc) is 2.47. The molecule has 5 heteroatoms. The third kappa shape index (κ3) is 2.55. The summed E-state index contributed by atoms with van der Waals surface area (Å²) >= 11 is 0. The minimum Gasteiger partial charge on any atom is -0.476 e. The fraction of sp³-hybridized carbons (Fsp3) is 0.643. The van der Waals surface area contributed by atoms with E-state index < -0.39 is 5.97 Å². The van der Waals surface area contributed by atoms with Gasteiger partial charge in [0, 0.05) is 13.1 Å². The van der Waals surface area contributed by atoms with Crippen LogP contribution in [0.3, 0.4) is 0 Å². The molecule has 1 aliphatic heterocycles. The Bertz CT molecular complexity index is 460. The molecule has 102 valence electrons. The van der Waals surface area contributed by atoms with Crippen LogP contribution in [0.15, 0.2) is 12.4 Å². The van der Waals surface area contributed by atoms with Crippen LogP contribution in [-0.4, -0.2) is 34.1 Å². The maximum Gasteiger partial charge on any atom is 0.356 e. The van der Waals surface area contributed by atoms with Crippen molar-refractivity contribution in [3.8, 4) is 0 Å². The lowest BCUT2D eigenvalue weighted by atomic mass is 9.75. The molecular formula is C14H19N3O2. The molecule has 1 aliphatic carbocycles. The predicted molar refractivity (Wildman–Crippen MR) is 71.3 cm³/mol. The van der Waals surface area contributed by atoms with Gasteiger partial charge in [0.2, 0.25) is 0 Å². The molecule has 2 heterocycles. The standard InChI is InChI=1S/C14H19N3O2/c18-14(19)12-7-16-13(8-15-12)17-6-5-10-3-1-2-4-11(10)9-17/h7-8,10-11H,1-6,9H2,(H,18,19). The second-order valence-corrected chi connectivity index (χ2v) is 5.60. The van der Waals surface area contributed by atoms with Crippen LogP contribution in [0, 0.1) is 11.8 Å². The van der Waals surface area contributed by atoms with Crippen LogP contribution in [0.25, 0.3) is 0 Å². The summed E-state index contributed by atoms with van der Waals surface area (Å²) in [6.45, 7) is 2.06. The Morgan fingerprint density at radius 1 is 1.16 bits per heavy atom. The summed E-state index contributed by atoms with van der Waals surface area (Å²) in [5, 5.41) is 8.82. The van der Waals surface area contributed by atoms with Gasteiger partial charge in [-0.25, -0.2) is 14.8 Å². The number of hydrogen-bond acceptors (Lipinski definition) is 4. The number of carboxylic acids is 1. The molecule has 2 fully saturated rings. The Balaban J connectivity index is 1.70. The van der Waals surface area contributed by atoms with Crippen molar-refractivity contribution in [2.75, 3.05) is 18.0 Å². The number of carboxylic acid groups (broad SMARTS) is 1. The van der Waals surface area contributed by atoms with Gasteiger partial charge in [-0.2, -0.15) is 0 Å². The highest BCUT2D eigenvalue weighted by Gasteiger charge is 2.31. The Morgan fingerprint density at radius 3 is 2.63 bits per heavy atom. The summed E-state index contributed by atoms with van der Waals surface area (Å²) in [6, 6.07) is 0. The molecule has 19 heavy (non-hydrogen) atoms. The second kappa shape index (κ2) is 5.15. The van der Waals surface area contributed by atoms with E-state index in [-0.39, 0.29) is 5.69 Å². The van der Waals surface area contributed by atoms with E-state index in [0.29, 0.717) is 0 Å². The van der Waals surface area contributed by atoms with Gasteiger partial charge in [-0.1, -0.05) is 19.3 Å². The smallest absolute Gasteiger partial charge is 0.356 e. The normalized spacial score (nSPS) is 26.8. The maximum atomic E-state index is 10.8. The van der Waals surface area contributed by atoms with Crippen LogP contribution in [-0.2, 0) is 0 Å². The molecule has 5 nitrogen and oxygen atoms in total. The quantitative estimate of drug-likeness (QED) is 0.884. The molecule has 1 saturated carbocycles. The number of aromatic nitrogens is 2. The number of nitrogens with zero attached hydrogens (tertiary/aromatic N) is 3. The lowest BCUT2D eigenvalue weighted by Crippen LogP contribution is -2.42. The summed E-state index contributed by atoms with van der Waals surface area (Å²) in [4.78, 5) is 21.2. The summed E-state index contributed by atoms with van der Waals surface area (Å²) in [5.74, 6) is 1.46. The summed E-state index contributed by atoms with van der Waals surface area (Å²) in [7, 11) is 0. The summed E-state index contributed by atoms with van der Waals surface area (Å²) in [6.07, 6.45) is 9.60. The summed E-state index contributed by atoms with van der Waals surface area (Å²) in [5.41, 5.74) is 0.0105. The zero-order chi connectivity index (χ0) is 13.2. The van der Waals surface area contributed by atoms with Crippen molar-refractivity contribution in [3.63, 3.8) is 0 Å². The molecule has 0 amide bonds. The molecule has 1 aromatic heterocycles. The van der Waals surface area contributed by atoms with Crippen molar-refractivity contribution in [1.82, 2.24) is 9.97 Å². The van der Waals surface area contributed by atoms with E-state index in [1.54, 1.807) is 6.20 Å². The van der Waals surface area contributed by atoms with Crippen molar-refractivity contribution in [3.05, 3.63) is 18.1 Å². The third-order valence-electron chi connectivity index (χ3n) is 4.47. The van der Waals surface area contributed by atoms with Gasteiger partial charge in [0.1, 0.15) is 5.82 Å². The van der Waals surface area contributed by atoms with Crippen molar-refractivity contribution >= 4 is 11.8 Å². The SMILES string of the molecule is O=C(O)c1cnc(N2CCC3CCCCC3C2)cn1.